The summed E-state index contributed by atoms with van der Waals surface area (Å²) in [5, 5.41) is 3.72. The first-order chi connectivity index (χ1) is 12.0. The van der Waals surface area contributed by atoms with Crippen molar-refractivity contribution in [3.05, 3.63) is 64.7 Å². The molecule has 25 heavy (non-hydrogen) atoms. The number of nitrogens with zero attached hydrogens (tertiary/aromatic N) is 1. The molecular formula is C17H13ClF2N2O2S. The van der Waals surface area contributed by atoms with Crippen LogP contribution in [0.1, 0.15) is 17.2 Å². The van der Waals surface area contributed by atoms with Crippen LogP contribution >= 0.6 is 23.4 Å². The summed E-state index contributed by atoms with van der Waals surface area (Å²) in [6.07, 6.45) is 0. The average Bonchev–Trinajstić information content (AvgIpc) is 2.95. The van der Waals surface area contributed by atoms with Gasteiger partial charge in [0, 0.05) is 16.3 Å². The second kappa shape index (κ2) is 7.84. The van der Waals surface area contributed by atoms with Crippen molar-refractivity contribution >= 4 is 34.4 Å². The van der Waals surface area contributed by atoms with Gasteiger partial charge in [-0.1, -0.05) is 53.7 Å². The standard InChI is InChI=1S/C17H13ClF2N2O2S/c18-12-7-5-10(6-8-12)14-15(23)22-17(21-14)25-9-11-3-1-2-4-13(11)24-16(19)20/h1-8,14,16H,9H2,(H,21,22,23)/t14-/m1/s1. The number of para-hydroxylation sites is 1. The quantitative estimate of drug-likeness (QED) is 0.833. The highest BCUT2D eigenvalue weighted by molar-refractivity contribution is 8.13. The Balaban J connectivity index is 1.69. The molecule has 0 aromatic heterocycles. The number of carbonyl (C=O) groups is 1. The lowest BCUT2D eigenvalue weighted by atomic mass is 10.1. The molecule has 0 fully saturated rings. The van der Waals surface area contributed by atoms with E-state index in [4.69, 9.17) is 11.6 Å². The molecule has 1 amide bonds. The van der Waals surface area contributed by atoms with Gasteiger partial charge in [0.2, 0.25) is 0 Å². The van der Waals surface area contributed by atoms with Crippen molar-refractivity contribution in [1.29, 1.82) is 0 Å². The molecule has 2 aromatic rings. The molecule has 8 heteroatoms. The topological polar surface area (TPSA) is 50.7 Å². The molecule has 1 aliphatic rings. The van der Waals surface area contributed by atoms with Gasteiger partial charge in [-0.15, -0.1) is 0 Å². The summed E-state index contributed by atoms with van der Waals surface area (Å²) in [5.74, 6) is 0.223. The van der Waals surface area contributed by atoms with E-state index in [1.54, 1.807) is 42.5 Å². The van der Waals surface area contributed by atoms with Gasteiger partial charge < -0.3 is 10.1 Å². The molecule has 1 aliphatic heterocycles. The van der Waals surface area contributed by atoms with Gasteiger partial charge in [0.1, 0.15) is 5.75 Å². The monoisotopic (exact) mass is 382 g/mol. The van der Waals surface area contributed by atoms with Crippen LogP contribution in [-0.2, 0) is 10.5 Å². The Labute approximate surface area is 152 Å². The Hall–Kier alpha value is -2.12. The Morgan fingerprint density at radius 3 is 2.64 bits per heavy atom. The van der Waals surface area contributed by atoms with Crippen LogP contribution in [0.5, 0.6) is 5.75 Å². The molecule has 130 valence electrons. The summed E-state index contributed by atoms with van der Waals surface area (Å²) in [7, 11) is 0. The van der Waals surface area contributed by atoms with E-state index in [0.29, 0.717) is 21.5 Å². The number of thioether (sulfide) groups is 1. The summed E-state index contributed by atoms with van der Waals surface area (Å²) in [6.45, 7) is -2.89. The number of carbonyl (C=O) groups excluding carboxylic acids is 1. The summed E-state index contributed by atoms with van der Waals surface area (Å²) < 4.78 is 29.4. The van der Waals surface area contributed by atoms with Gasteiger partial charge in [0.05, 0.1) is 0 Å². The number of nitrogens with one attached hydrogen (secondary N) is 1. The van der Waals surface area contributed by atoms with Crippen molar-refractivity contribution in [1.82, 2.24) is 5.32 Å². The second-order valence-corrected chi connectivity index (χ2v) is 6.55. The van der Waals surface area contributed by atoms with Crippen LogP contribution in [0.15, 0.2) is 53.5 Å². The van der Waals surface area contributed by atoms with Gasteiger partial charge in [-0.25, -0.2) is 4.99 Å². The third kappa shape index (κ3) is 4.49. The average molecular weight is 383 g/mol. The van der Waals surface area contributed by atoms with Crippen LogP contribution in [0.25, 0.3) is 0 Å². The van der Waals surface area contributed by atoms with Crippen LogP contribution in [0, 0.1) is 0 Å². The number of hydrogen-bond donors (Lipinski definition) is 1. The number of halogens is 3. The predicted molar refractivity (Wildman–Crippen MR) is 94.1 cm³/mol. The Morgan fingerprint density at radius 1 is 1.20 bits per heavy atom. The van der Waals surface area contributed by atoms with Crippen molar-refractivity contribution in [2.24, 2.45) is 4.99 Å². The van der Waals surface area contributed by atoms with Gasteiger partial charge in [0.15, 0.2) is 11.2 Å². The zero-order chi connectivity index (χ0) is 17.8. The number of ether oxygens (including phenoxy) is 1. The van der Waals surface area contributed by atoms with Crippen molar-refractivity contribution in [2.75, 3.05) is 0 Å². The number of amidine groups is 1. The zero-order valence-electron chi connectivity index (χ0n) is 12.8. The smallest absolute Gasteiger partial charge is 0.387 e. The highest BCUT2D eigenvalue weighted by Crippen LogP contribution is 2.29. The molecule has 0 saturated heterocycles. The molecule has 1 N–H and O–H groups in total. The molecule has 3 rings (SSSR count). The van der Waals surface area contributed by atoms with E-state index < -0.39 is 12.7 Å². The zero-order valence-corrected chi connectivity index (χ0v) is 14.4. The van der Waals surface area contributed by atoms with Crippen LogP contribution in [0.3, 0.4) is 0 Å². The number of aliphatic imine (C=N–C) groups is 1. The first-order valence-corrected chi connectivity index (χ1v) is 8.69. The van der Waals surface area contributed by atoms with E-state index in [1.807, 2.05) is 0 Å². The third-order valence-electron chi connectivity index (χ3n) is 3.46. The van der Waals surface area contributed by atoms with Crippen molar-refractivity contribution in [3.63, 3.8) is 0 Å². The minimum Gasteiger partial charge on any atom is -0.435 e. The summed E-state index contributed by atoms with van der Waals surface area (Å²) in [4.78, 5) is 16.5. The maximum Gasteiger partial charge on any atom is 0.387 e. The van der Waals surface area contributed by atoms with Crippen LogP contribution in [-0.4, -0.2) is 17.7 Å². The molecule has 1 heterocycles. The Bertz CT molecular complexity index is 799. The number of benzene rings is 2. The first kappa shape index (κ1) is 17.7. The number of alkyl halides is 2. The van der Waals surface area contributed by atoms with E-state index in [2.05, 4.69) is 15.0 Å². The molecule has 0 bridgehead atoms. The normalized spacial score (nSPS) is 16.7. The third-order valence-corrected chi connectivity index (χ3v) is 4.65. The highest BCUT2D eigenvalue weighted by Gasteiger charge is 2.28. The maximum atomic E-state index is 12.4. The molecular weight excluding hydrogens is 370 g/mol. The fourth-order valence-electron chi connectivity index (χ4n) is 2.31. The lowest BCUT2D eigenvalue weighted by molar-refractivity contribution is -0.120. The highest BCUT2D eigenvalue weighted by atomic mass is 35.5. The minimum absolute atomic E-state index is 0.115. The SMILES string of the molecule is O=C1NC(SCc2ccccc2OC(F)F)=N[C@@H]1c1ccc(Cl)cc1. The number of hydrogen-bond acceptors (Lipinski definition) is 4. The molecule has 1 atom stereocenters. The van der Waals surface area contributed by atoms with Crippen molar-refractivity contribution in [3.8, 4) is 5.75 Å². The molecule has 0 radical (unpaired) electrons. The molecule has 0 unspecified atom stereocenters. The summed E-state index contributed by atoms with van der Waals surface area (Å²) in [5.41, 5.74) is 1.33. The van der Waals surface area contributed by atoms with E-state index in [1.165, 1.54) is 17.8 Å². The summed E-state index contributed by atoms with van der Waals surface area (Å²) >= 11 is 7.10. The lowest BCUT2D eigenvalue weighted by Gasteiger charge is -2.09. The van der Waals surface area contributed by atoms with E-state index in [9.17, 15) is 13.6 Å². The fraction of sp³-hybridized carbons (Fsp3) is 0.176. The van der Waals surface area contributed by atoms with Gasteiger partial charge >= 0.3 is 6.61 Å². The van der Waals surface area contributed by atoms with Gasteiger partial charge in [0.25, 0.3) is 5.91 Å². The number of rotatable bonds is 5. The van der Waals surface area contributed by atoms with Crippen molar-refractivity contribution < 1.29 is 18.3 Å². The molecule has 0 spiro atoms. The Morgan fingerprint density at radius 2 is 1.92 bits per heavy atom. The molecule has 0 aliphatic carbocycles. The van der Waals surface area contributed by atoms with Crippen LogP contribution < -0.4 is 10.1 Å². The second-order valence-electron chi connectivity index (χ2n) is 5.15. The minimum atomic E-state index is -2.89. The lowest BCUT2D eigenvalue weighted by Crippen LogP contribution is -2.24. The van der Waals surface area contributed by atoms with Gasteiger partial charge in [-0.3, -0.25) is 4.79 Å². The van der Waals surface area contributed by atoms with Crippen molar-refractivity contribution in [2.45, 2.75) is 18.4 Å². The fourth-order valence-corrected chi connectivity index (χ4v) is 3.32. The van der Waals surface area contributed by atoms with E-state index >= 15 is 0 Å². The largest absolute Gasteiger partial charge is 0.435 e. The first-order valence-electron chi connectivity index (χ1n) is 7.32. The van der Waals surface area contributed by atoms with Crippen LogP contribution in [0.4, 0.5) is 8.78 Å². The predicted octanol–water partition coefficient (Wildman–Crippen LogP) is 4.40. The molecule has 4 nitrogen and oxygen atoms in total. The number of amides is 1. The van der Waals surface area contributed by atoms with Gasteiger partial charge in [-0.05, 0) is 23.8 Å². The Kier molecular flexibility index (Phi) is 5.55. The van der Waals surface area contributed by atoms with Crippen LogP contribution in [0.2, 0.25) is 5.02 Å². The van der Waals surface area contributed by atoms with Gasteiger partial charge in [-0.2, -0.15) is 8.78 Å². The van der Waals surface area contributed by atoms with E-state index in [-0.39, 0.29) is 11.7 Å². The summed E-state index contributed by atoms with van der Waals surface area (Å²) in [6, 6.07) is 12.8. The maximum absolute atomic E-state index is 12.4. The molecule has 0 saturated carbocycles. The van der Waals surface area contributed by atoms with E-state index in [0.717, 1.165) is 5.56 Å². The molecule has 2 aromatic carbocycles.